The molecule has 0 spiro atoms. The average Bonchev–Trinajstić information content (AvgIpc) is 3.45. The Labute approximate surface area is 172 Å². The Kier molecular flexibility index (Phi) is 4.47. The van der Waals surface area contributed by atoms with Gasteiger partial charge in [-0.15, -0.1) is 0 Å². The standard InChI is InChI=1S/C22H24FN5O2/c1-12-19(27-8-6-14(10-27)15-3-2-7-25-17(15)9-24)16(23)11-28-20(12)18(13-4-5-13)21(29)26-22(28)30/h2-3,7,11,13-14H,4-6,8-10,24H2,1H3,(H,26,29,30). The van der Waals surface area contributed by atoms with Crippen LogP contribution in [0.25, 0.3) is 5.52 Å². The Morgan fingerprint density at radius 3 is 2.80 bits per heavy atom. The van der Waals surface area contributed by atoms with Crippen LogP contribution in [0.15, 0.2) is 34.1 Å². The van der Waals surface area contributed by atoms with Gasteiger partial charge in [0, 0.05) is 42.9 Å². The van der Waals surface area contributed by atoms with Gasteiger partial charge in [-0.05, 0) is 43.7 Å². The monoisotopic (exact) mass is 409 g/mol. The number of nitrogens with one attached hydrogen (secondary N) is 1. The van der Waals surface area contributed by atoms with E-state index in [2.05, 4.69) is 9.97 Å². The van der Waals surface area contributed by atoms with Crippen molar-refractivity contribution in [1.82, 2.24) is 14.4 Å². The molecule has 2 fully saturated rings. The lowest BCUT2D eigenvalue weighted by atomic mass is 9.97. The molecule has 1 atom stereocenters. The summed E-state index contributed by atoms with van der Waals surface area (Å²) >= 11 is 0. The molecule has 5 rings (SSSR count). The number of pyridine rings is 2. The molecule has 1 aliphatic carbocycles. The van der Waals surface area contributed by atoms with Crippen molar-refractivity contribution in [3.8, 4) is 0 Å². The summed E-state index contributed by atoms with van der Waals surface area (Å²) in [6, 6.07) is 3.94. The summed E-state index contributed by atoms with van der Waals surface area (Å²) in [5.41, 5.74) is 9.14. The van der Waals surface area contributed by atoms with Crippen LogP contribution in [0, 0.1) is 12.7 Å². The van der Waals surface area contributed by atoms with Crippen molar-refractivity contribution in [3.05, 3.63) is 73.6 Å². The van der Waals surface area contributed by atoms with E-state index in [4.69, 9.17) is 5.73 Å². The first-order valence-corrected chi connectivity index (χ1v) is 10.4. The van der Waals surface area contributed by atoms with E-state index in [-0.39, 0.29) is 17.4 Å². The molecule has 2 aliphatic rings. The van der Waals surface area contributed by atoms with E-state index in [1.54, 1.807) is 13.1 Å². The highest BCUT2D eigenvalue weighted by atomic mass is 19.1. The van der Waals surface area contributed by atoms with Gasteiger partial charge in [0.25, 0.3) is 5.56 Å². The number of aromatic nitrogens is 3. The maximum absolute atomic E-state index is 15.2. The number of hydrogen-bond acceptors (Lipinski definition) is 5. The number of hydrogen-bond donors (Lipinski definition) is 2. The summed E-state index contributed by atoms with van der Waals surface area (Å²) < 4.78 is 16.5. The molecule has 3 aromatic rings. The van der Waals surface area contributed by atoms with Gasteiger partial charge in [0.05, 0.1) is 23.1 Å². The van der Waals surface area contributed by atoms with E-state index >= 15 is 4.39 Å². The van der Waals surface area contributed by atoms with Crippen molar-refractivity contribution >= 4 is 11.2 Å². The van der Waals surface area contributed by atoms with E-state index < -0.39 is 11.5 Å². The number of aryl methyl sites for hydroxylation is 1. The van der Waals surface area contributed by atoms with Gasteiger partial charge in [-0.3, -0.25) is 19.2 Å². The molecule has 30 heavy (non-hydrogen) atoms. The van der Waals surface area contributed by atoms with Gasteiger partial charge in [0.2, 0.25) is 0 Å². The van der Waals surface area contributed by atoms with Crippen LogP contribution in [0.3, 0.4) is 0 Å². The van der Waals surface area contributed by atoms with Crippen molar-refractivity contribution in [2.45, 2.75) is 44.6 Å². The molecule has 7 nitrogen and oxygen atoms in total. The molecule has 0 aromatic carbocycles. The van der Waals surface area contributed by atoms with E-state index in [0.717, 1.165) is 30.5 Å². The minimum absolute atomic E-state index is 0.134. The molecule has 1 unspecified atom stereocenters. The quantitative estimate of drug-likeness (QED) is 0.688. The van der Waals surface area contributed by atoms with Crippen LogP contribution in [0.2, 0.25) is 0 Å². The fourth-order valence-electron chi connectivity index (χ4n) is 4.88. The summed E-state index contributed by atoms with van der Waals surface area (Å²) in [4.78, 5) is 33.6. The van der Waals surface area contributed by atoms with Crippen LogP contribution in [-0.4, -0.2) is 27.5 Å². The molecule has 1 aliphatic heterocycles. The molecule has 4 heterocycles. The van der Waals surface area contributed by atoms with Crippen molar-refractivity contribution in [1.29, 1.82) is 0 Å². The second-order valence-corrected chi connectivity index (χ2v) is 8.29. The largest absolute Gasteiger partial charge is 0.368 e. The molecule has 1 saturated heterocycles. The Balaban J connectivity index is 1.61. The zero-order chi connectivity index (χ0) is 21.0. The molecular weight excluding hydrogens is 385 g/mol. The molecule has 0 amide bonds. The second-order valence-electron chi connectivity index (χ2n) is 8.29. The van der Waals surface area contributed by atoms with Gasteiger partial charge in [-0.1, -0.05) is 6.07 Å². The lowest BCUT2D eigenvalue weighted by molar-refractivity contribution is 0.609. The van der Waals surface area contributed by atoms with Crippen molar-refractivity contribution in [3.63, 3.8) is 0 Å². The summed E-state index contributed by atoms with van der Waals surface area (Å²) in [7, 11) is 0. The van der Waals surface area contributed by atoms with E-state index in [9.17, 15) is 9.59 Å². The van der Waals surface area contributed by atoms with Gasteiger partial charge in [-0.2, -0.15) is 0 Å². The van der Waals surface area contributed by atoms with E-state index in [0.29, 0.717) is 42.0 Å². The first kappa shape index (κ1) is 19.0. The molecule has 3 aromatic heterocycles. The lowest BCUT2D eigenvalue weighted by Crippen LogP contribution is -2.31. The highest BCUT2D eigenvalue weighted by Crippen LogP contribution is 2.42. The zero-order valence-corrected chi connectivity index (χ0v) is 16.8. The van der Waals surface area contributed by atoms with E-state index in [1.807, 2.05) is 17.0 Å². The van der Waals surface area contributed by atoms with Gasteiger partial charge in [-0.25, -0.2) is 9.18 Å². The number of nitrogens with two attached hydrogens (primary N) is 1. The predicted octanol–water partition coefficient (Wildman–Crippen LogP) is 2.16. The third-order valence-corrected chi connectivity index (χ3v) is 6.41. The number of halogens is 1. The van der Waals surface area contributed by atoms with Crippen LogP contribution in [0.4, 0.5) is 10.1 Å². The SMILES string of the molecule is Cc1c(N2CCC(c3cccnc3CN)C2)c(F)cn2c(=O)[nH]c(=O)c(C3CC3)c12. The molecular formula is C22H24FN5O2. The smallest absolute Gasteiger partial charge is 0.333 e. The molecule has 0 radical (unpaired) electrons. The van der Waals surface area contributed by atoms with Gasteiger partial charge in [0.1, 0.15) is 0 Å². The van der Waals surface area contributed by atoms with Crippen LogP contribution >= 0.6 is 0 Å². The number of anilines is 1. The van der Waals surface area contributed by atoms with Crippen molar-refractivity contribution in [2.24, 2.45) is 5.73 Å². The van der Waals surface area contributed by atoms with Crippen LogP contribution in [0.1, 0.15) is 53.5 Å². The maximum atomic E-state index is 15.2. The van der Waals surface area contributed by atoms with Crippen LogP contribution in [-0.2, 0) is 6.54 Å². The van der Waals surface area contributed by atoms with Crippen LogP contribution < -0.4 is 21.9 Å². The third kappa shape index (κ3) is 2.94. The fourth-order valence-corrected chi connectivity index (χ4v) is 4.88. The lowest BCUT2D eigenvalue weighted by Gasteiger charge is -2.24. The summed E-state index contributed by atoms with van der Waals surface area (Å²) in [5.74, 6) is -0.117. The minimum atomic E-state index is -0.602. The summed E-state index contributed by atoms with van der Waals surface area (Å²) in [6.07, 6.45) is 5.64. The summed E-state index contributed by atoms with van der Waals surface area (Å²) in [6.45, 7) is 3.50. The second kappa shape index (κ2) is 7.05. The number of nitrogens with zero attached hydrogens (tertiary/aromatic N) is 3. The highest BCUT2D eigenvalue weighted by Gasteiger charge is 2.33. The fraction of sp³-hybridized carbons (Fsp3) is 0.409. The molecule has 156 valence electrons. The molecule has 3 N–H and O–H groups in total. The van der Waals surface area contributed by atoms with Gasteiger partial charge in [0.15, 0.2) is 5.82 Å². The Hall–Kier alpha value is -3.00. The van der Waals surface area contributed by atoms with Crippen molar-refractivity contribution in [2.75, 3.05) is 18.0 Å². The Morgan fingerprint density at radius 2 is 2.07 bits per heavy atom. The van der Waals surface area contributed by atoms with Crippen molar-refractivity contribution < 1.29 is 4.39 Å². The summed E-state index contributed by atoms with van der Waals surface area (Å²) in [5, 5.41) is 0. The molecule has 8 heteroatoms. The van der Waals surface area contributed by atoms with E-state index in [1.165, 1.54) is 10.6 Å². The highest BCUT2D eigenvalue weighted by molar-refractivity contribution is 5.72. The maximum Gasteiger partial charge on any atom is 0.333 e. The topological polar surface area (TPSA) is 96.5 Å². The molecule has 1 saturated carbocycles. The Bertz CT molecular complexity index is 1260. The van der Waals surface area contributed by atoms with Gasteiger partial charge < -0.3 is 10.6 Å². The van der Waals surface area contributed by atoms with Gasteiger partial charge >= 0.3 is 5.69 Å². The first-order chi connectivity index (χ1) is 14.5. The zero-order valence-electron chi connectivity index (χ0n) is 16.8. The Morgan fingerprint density at radius 1 is 1.27 bits per heavy atom. The normalized spacial score (nSPS) is 19.0. The molecule has 0 bridgehead atoms. The average molecular weight is 409 g/mol. The number of fused-ring (bicyclic) bond motifs is 1. The minimum Gasteiger partial charge on any atom is -0.368 e. The number of aromatic amines is 1. The number of rotatable bonds is 4. The predicted molar refractivity (Wildman–Crippen MR) is 113 cm³/mol. The number of H-pyrrole nitrogens is 1. The van der Waals surface area contributed by atoms with Crippen LogP contribution in [0.5, 0.6) is 0 Å². The first-order valence-electron chi connectivity index (χ1n) is 10.4. The third-order valence-electron chi connectivity index (χ3n) is 6.41.